The summed E-state index contributed by atoms with van der Waals surface area (Å²) in [6.45, 7) is 3.44. The number of hydrogen-bond acceptors (Lipinski definition) is 4. The van der Waals surface area contributed by atoms with E-state index < -0.39 is 34.3 Å². The summed E-state index contributed by atoms with van der Waals surface area (Å²) in [6.07, 6.45) is 1.92. The smallest absolute Gasteiger partial charge is 0.244 e. The third kappa shape index (κ3) is 8.28. The molecular formula is C29H33ClFN3O4S. The molecule has 0 fully saturated rings. The lowest BCUT2D eigenvalue weighted by molar-refractivity contribution is -0.140. The van der Waals surface area contributed by atoms with Crippen LogP contribution in [0.15, 0.2) is 72.8 Å². The van der Waals surface area contributed by atoms with E-state index in [0.29, 0.717) is 29.1 Å². The molecule has 0 aliphatic heterocycles. The standard InChI is InChI=1S/C29H33ClFN3O4S/c1-4-17-32-29(36)27(18-22-9-6-5-7-10-22)33(19-23-13-15-24(31)16-14-23)28(35)20-34(39(3,37)38)26-12-8-11-25(30)21(26)2/h5-16,27H,4,17-20H2,1-3H3,(H,32,36). The van der Waals surface area contributed by atoms with Gasteiger partial charge >= 0.3 is 0 Å². The quantitative estimate of drug-likeness (QED) is 0.340. The van der Waals surface area contributed by atoms with Crippen molar-refractivity contribution < 1.29 is 22.4 Å². The highest BCUT2D eigenvalue weighted by Gasteiger charge is 2.33. The summed E-state index contributed by atoms with van der Waals surface area (Å²) in [5.41, 5.74) is 2.20. The molecule has 0 saturated carbocycles. The first-order valence-corrected chi connectivity index (χ1v) is 14.8. The van der Waals surface area contributed by atoms with Gasteiger partial charge in [-0.3, -0.25) is 13.9 Å². The van der Waals surface area contributed by atoms with Gasteiger partial charge in [0, 0.05) is 24.5 Å². The number of hydrogen-bond donors (Lipinski definition) is 1. The molecule has 0 bridgehead atoms. The van der Waals surface area contributed by atoms with Gasteiger partial charge in [-0.1, -0.05) is 67.1 Å². The molecule has 0 aromatic heterocycles. The zero-order chi connectivity index (χ0) is 28.6. The Labute approximate surface area is 234 Å². The Morgan fingerprint density at radius 1 is 0.974 bits per heavy atom. The summed E-state index contributed by atoms with van der Waals surface area (Å²) < 4.78 is 40.4. The second kappa shape index (κ2) is 13.6. The average molecular weight is 574 g/mol. The number of halogens is 2. The average Bonchev–Trinajstić information content (AvgIpc) is 2.90. The minimum absolute atomic E-state index is 0.0255. The van der Waals surface area contributed by atoms with Gasteiger partial charge in [-0.05, 0) is 54.3 Å². The lowest BCUT2D eigenvalue weighted by Gasteiger charge is -2.34. The first kappa shape index (κ1) is 30.1. The molecule has 1 N–H and O–H groups in total. The fourth-order valence-corrected chi connectivity index (χ4v) is 5.24. The van der Waals surface area contributed by atoms with E-state index in [9.17, 15) is 22.4 Å². The van der Waals surface area contributed by atoms with Crippen molar-refractivity contribution in [2.75, 3.05) is 23.7 Å². The Kier molecular flexibility index (Phi) is 10.5. The van der Waals surface area contributed by atoms with E-state index in [4.69, 9.17) is 11.6 Å². The topological polar surface area (TPSA) is 86.8 Å². The molecule has 0 heterocycles. The van der Waals surface area contributed by atoms with Gasteiger partial charge < -0.3 is 10.2 Å². The van der Waals surface area contributed by atoms with Crippen LogP contribution in [0.5, 0.6) is 0 Å². The highest BCUT2D eigenvalue weighted by Crippen LogP contribution is 2.28. The van der Waals surface area contributed by atoms with Gasteiger partial charge in [0.05, 0.1) is 11.9 Å². The summed E-state index contributed by atoms with van der Waals surface area (Å²) in [4.78, 5) is 28.8. The highest BCUT2D eigenvalue weighted by molar-refractivity contribution is 7.92. The molecule has 3 aromatic carbocycles. The third-order valence-electron chi connectivity index (χ3n) is 6.27. The van der Waals surface area contributed by atoms with Crippen molar-refractivity contribution in [3.63, 3.8) is 0 Å². The van der Waals surface area contributed by atoms with Crippen LogP contribution in [0.25, 0.3) is 0 Å². The normalized spacial score (nSPS) is 12.0. The van der Waals surface area contributed by atoms with Crippen LogP contribution < -0.4 is 9.62 Å². The fraction of sp³-hybridized carbons (Fsp3) is 0.310. The summed E-state index contributed by atoms with van der Waals surface area (Å²) in [5.74, 6) is -1.38. The number of anilines is 1. The monoisotopic (exact) mass is 573 g/mol. The number of benzene rings is 3. The van der Waals surface area contributed by atoms with Gasteiger partial charge in [0.1, 0.15) is 18.4 Å². The molecule has 0 spiro atoms. The largest absolute Gasteiger partial charge is 0.354 e. The van der Waals surface area contributed by atoms with Crippen molar-refractivity contribution in [2.24, 2.45) is 0 Å². The van der Waals surface area contributed by atoms with Gasteiger partial charge in [0.2, 0.25) is 21.8 Å². The summed E-state index contributed by atoms with van der Waals surface area (Å²) in [6, 6.07) is 18.8. The van der Waals surface area contributed by atoms with E-state index in [1.54, 1.807) is 25.1 Å². The molecule has 0 aliphatic carbocycles. The minimum atomic E-state index is -3.91. The highest BCUT2D eigenvalue weighted by atomic mass is 35.5. The van der Waals surface area contributed by atoms with Gasteiger partial charge in [-0.2, -0.15) is 0 Å². The lowest BCUT2D eigenvalue weighted by atomic mass is 10.0. The molecule has 208 valence electrons. The van der Waals surface area contributed by atoms with E-state index in [2.05, 4.69) is 5.32 Å². The minimum Gasteiger partial charge on any atom is -0.354 e. The predicted molar refractivity (Wildman–Crippen MR) is 153 cm³/mol. The fourth-order valence-electron chi connectivity index (χ4n) is 4.17. The Hall–Kier alpha value is -3.43. The Morgan fingerprint density at radius 3 is 2.26 bits per heavy atom. The van der Waals surface area contributed by atoms with Crippen LogP contribution in [0.1, 0.15) is 30.0 Å². The van der Waals surface area contributed by atoms with E-state index in [0.717, 1.165) is 16.1 Å². The number of rotatable bonds is 12. The Balaban J connectivity index is 2.06. The molecule has 1 atom stereocenters. The number of carbonyl (C=O) groups excluding carboxylic acids is 2. The Morgan fingerprint density at radius 2 is 1.64 bits per heavy atom. The molecule has 7 nitrogen and oxygen atoms in total. The van der Waals surface area contributed by atoms with Crippen molar-refractivity contribution in [3.8, 4) is 0 Å². The molecule has 0 aliphatic rings. The van der Waals surface area contributed by atoms with Crippen molar-refractivity contribution in [1.29, 1.82) is 0 Å². The second-order valence-corrected chi connectivity index (χ2v) is 11.6. The van der Waals surface area contributed by atoms with Gasteiger partial charge in [-0.15, -0.1) is 0 Å². The summed E-state index contributed by atoms with van der Waals surface area (Å²) >= 11 is 6.26. The molecule has 0 saturated heterocycles. The van der Waals surface area contributed by atoms with E-state index in [-0.39, 0.29) is 24.6 Å². The van der Waals surface area contributed by atoms with Crippen LogP contribution in [0.4, 0.5) is 10.1 Å². The molecular weight excluding hydrogens is 541 g/mol. The number of sulfonamides is 1. The van der Waals surface area contributed by atoms with Crippen molar-refractivity contribution in [3.05, 3.63) is 100 Å². The van der Waals surface area contributed by atoms with Gasteiger partial charge in [0.15, 0.2) is 0 Å². The van der Waals surface area contributed by atoms with Crippen LogP contribution >= 0.6 is 11.6 Å². The van der Waals surface area contributed by atoms with Crippen LogP contribution in [0.3, 0.4) is 0 Å². The maximum Gasteiger partial charge on any atom is 0.244 e. The zero-order valence-electron chi connectivity index (χ0n) is 22.2. The number of carbonyl (C=O) groups is 2. The maximum atomic E-state index is 14.0. The molecule has 2 amide bonds. The van der Waals surface area contributed by atoms with Gasteiger partial charge in [0.25, 0.3) is 0 Å². The van der Waals surface area contributed by atoms with Crippen LogP contribution in [0.2, 0.25) is 5.02 Å². The summed E-state index contributed by atoms with van der Waals surface area (Å²) in [7, 11) is -3.91. The molecule has 3 aromatic rings. The second-order valence-electron chi connectivity index (χ2n) is 9.30. The van der Waals surface area contributed by atoms with Crippen LogP contribution in [-0.2, 0) is 32.6 Å². The van der Waals surface area contributed by atoms with Crippen molar-refractivity contribution in [2.45, 2.75) is 39.3 Å². The molecule has 10 heteroatoms. The number of nitrogens with one attached hydrogen (secondary N) is 1. The maximum absolute atomic E-state index is 14.0. The van der Waals surface area contributed by atoms with Crippen molar-refractivity contribution in [1.82, 2.24) is 10.2 Å². The SMILES string of the molecule is CCCNC(=O)C(Cc1ccccc1)N(Cc1ccc(F)cc1)C(=O)CN(c1cccc(Cl)c1C)S(C)(=O)=O. The van der Waals surface area contributed by atoms with Crippen LogP contribution in [-0.4, -0.2) is 50.5 Å². The molecule has 39 heavy (non-hydrogen) atoms. The number of nitrogens with zero attached hydrogens (tertiary/aromatic N) is 2. The van der Waals surface area contributed by atoms with E-state index in [1.165, 1.54) is 29.2 Å². The summed E-state index contributed by atoms with van der Waals surface area (Å²) in [5, 5.41) is 3.23. The predicted octanol–water partition coefficient (Wildman–Crippen LogP) is 4.72. The Bertz CT molecular complexity index is 1390. The van der Waals surface area contributed by atoms with Crippen molar-refractivity contribution >= 4 is 39.1 Å². The first-order valence-electron chi connectivity index (χ1n) is 12.6. The van der Waals surface area contributed by atoms with Gasteiger partial charge in [-0.25, -0.2) is 12.8 Å². The third-order valence-corrected chi connectivity index (χ3v) is 7.81. The van der Waals surface area contributed by atoms with Crippen LogP contribution in [0, 0.1) is 12.7 Å². The molecule has 1 unspecified atom stereocenters. The first-order chi connectivity index (χ1) is 18.5. The molecule has 0 radical (unpaired) electrons. The zero-order valence-corrected chi connectivity index (χ0v) is 23.8. The molecule has 3 rings (SSSR count). The number of amides is 2. The lowest BCUT2D eigenvalue weighted by Crippen LogP contribution is -2.53. The van der Waals surface area contributed by atoms with E-state index >= 15 is 0 Å². The van der Waals surface area contributed by atoms with E-state index in [1.807, 2.05) is 37.3 Å².